The lowest BCUT2D eigenvalue weighted by atomic mass is 10.5. The minimum Gasteiger partial charge on any atom is -0.294 e. The molecule has 0 bridgehead atoms. The van der Waals surface area contributed by atoms with Gasteiger partial charge in [0.05, 0.1) is 25.1 Å². The largest absolute Gasteiger partial charge is 0.327 e. The van der Waals surface area contributed by atoms with Gasteiger partial charge in [-0.05, 0) is 27.2 Å². The second kappa shape index (κ2) is 11.6. The number of hydrogen-bond donors (Lipinski definition) is 0. The van der Waals surface area contributed by atoms with Crippen LogP contribution in [-0.4, -0.2) is 31.8 Å². The Morgan fingerprint density at radius 1 is 1.07 bits per heavy atom. The van der Waals surface area contributed by atoms with E-state index in [4.69, 9.17) is 0 Å². The third-order valence-electron chi connectivity index (χ3n) is 2.64. The lowest BCUT2D eigenvalue weighted by Crippen LogP contribution is -1.98. The van der Waals surface area contributed by atoms with Crippen LogP contribution < -0.4 is 0 Å². The fourth-order valence-electron chi connectivity index (χ4n) is 0.799. The van der Waals surface area contributed by atoms with Crippen molar-refractivity contribution in [1.29, 1.82) is 0 Å². The first-order chi connectivity index (χ1) is 6.60. The summed E-state index contributed by atoms with van der Waals surface area (Å²) < 4.78 is 13.8. The number of hydrogen-bond acceptors (Lipinski definition) is 2. The van der Waals surface area contributed by atoms with Gasteiger partial charge in [-0.2, -0.15) is 0 Å². The maximum atomic E-state index is 9.44. The second-order valence-electron chi connectivity index (χ2n) is 3.48. The lowest BCUT2D eigenvalue weighted by molar-refractivity contribution is 0.342. The highest BCUT2D eigenvalue weighted by Crippen LogP contribution is 2.53. The van der Waals surface area contributed by atoms with E-state index in [1.54, 1.807) is 0 Å². The van der Waals surface area contributed by atoms with Gasteiger partial charge in [0.2, 0.25) is 0 Å². The van der Waals surface area contributed by atoms with E-state index in [2.05, 4.69) is 32.0 Å². The summed E-state index contributed by atoms with van der Waals surface area (Å²) in [6.45, 7) is 12.0. The zero-order valence-electron chi connectivity index (χ0n) is 10.2. The summed E-state index contributed by atoms with van der Waals surface area (Å²) in [6.07, 6.45) is 5.22. The molecule has 0 saturated carbocycles. The van der Waals surface area contributed by atoms with E-state index >= 15 is 0 Å². The zero-order chi connectivity index (χ0) is 11.4. The van der Waals surface area contributed by atoms with Crippen LogP contribution >= 0.6 is 15.9 Å². The summed E-state index contributed by atoms with van der Waals surface area (Å²) in [5.41, 5.74) is 0. The van der Waals surface area contributed by atoms with Gasteiger partial charge in [0, 0.05) is 13.9 Å². The monoisotopic (exact) mass is 239 g/mol. The van der Waals surface area contributed by atoms with Crippen molar-refractivity contribution < 1.29 is 9.09 Å². The maximum Gasteiger partial charge on any atom is 0.327 e. The van der Waals surface area contributed by atoms with Crippen molar-refractivity contribution >= 4 is 15.9 Å². The van der Waals surface area contributed by atoms with E-state index in [0.29, 0.717) is 6.61 Å². The lowest BCUT2D eigenvalue weighted by Gasteiger charge is -2.16. The van der Waals surface area contributed by atoms with Crippen molar-refractivity contribution in [3.8, 4) is 0 Å². The highest BCUT2D eigenvalue weighted by Gasteiger charge is 2.22. The Morgan fingerprint density at radius 2 is 1.50 bits per heavy atom. The first-order valence-electron chi connectivity index (χ1n) is 5.38. The molecule has 0 N–H and O–H groups in total. The van der Waals surface area contributed by atoms with Gasteiger partial charge in [0.15, 0.2) is 0 Å². The molecule has 0 atom stereocenters. The van der Waals surface area contributed by atoms with Crippen LogP contribution in [-0.2, 0) is 9.09 Å². The van der Waals surface area contributed by atoms with Crippen LogP contribution in [0.3, 0.4) is 0 Å². The van der Waals surface area contributed by atoms with Gasteiger partial charge < -0.3 is 0 Å². The molecule has 0 aromatic rings. The van der Waals surface area contributed by atoms with Crippen molar-refractivity contribution in [2.24, 2.45) is 0 Å². The smallest absolute Gasteiger partial charge is 0.294 e. The predicted molar refractivity (Wildman–Crippen MR) is 68.3 cm³/mol. The molecule has 0 amide bonds. The average Bonchev–Trinajstić information content (AvgIpc) is 2.26. The summed E-state index contributed by atoms with van der Waals surface area (Å²) in [6, 6.07) is 0. The van der Waals surface area contributed by atoms with Crippen LogP contribution in [0.2, 0.25) is 0 Å². The topological polar surface area (TPSA) is 26.3 Å². The molecular weight excluding hydrogens is 214 g/mol. The summed E-state index contributed by atoms with van der Waals surface area (Å²) in [4.78, 5) is 0. The van der Waals surface area contributed by atoms with Crippen molar-refractivity contribution in [2.45, 2.75) is 34.1 Å². The normalized spacial score (nSPS) is 10.9. The van der Waals surface area contributed by atoms with Crippen LogP contribution in [0, 0.1) is 0 Å². The van der Waals surface area contributed by atoms with Gasteiger partial charge in [-0.3, -0.25) is 4.52 Å². The Balaban J connectivity index is 0. The van der Waals surface area contributed by atoms with E-state index in [9.17, 15) is 4.57 Å². The fraction of sp³-hybridized carbons (Fsp3) is 1.00. The van der Waals surface area contributed by atoms with Gasteiger partial charge in [-0.15, -0.1) is 0 Å². The van der Waals surface area contributed by atoms with Crippen molar-refractivity contribution in [3.05, 3.63) is 0 Å². The molecule has 0 aromatic heterocycles. The molecule has 4 heteroatoms. The Hall–Kier alpha value is 0.490. The molecule has 0 radical (unpaired) electrons. The standard InChI is InChI=1S/C7H18P.C3H7O2P/c1-5-8(4,6-2)7-3;1-2-3-5-6-4/h5-7H2,1-4H3;2-3H2,1H3/q+1;. The summed E-state index contributed by atoms with van der Waals surface area (Å²) >= 11 is 0. The van der Waals surface area contributed by atoms with Gasteiger partial charge in [0.1, 0.15) is 0 Å². The molecule has 0 aliphatic heterocycles. The first kappa shape index (κ1) is 16.9. The zero-order valence-corrected chi connectivity index (χ0v) is 12.0. The van der Waals surface area contributed by atoms with Crippen LogP contribution in [0.4, 0.5) is 0 Å². The Morgan fingerprint density at radius 3 is 1.57 bits per heavy atom. The van der Waals surface area contributed by atoms with Crippen molar-refractivity contribution in [1.82, 2.24) is 0 Å². The Kier molecular flexibility index (Phi) is 14.0. The molecule has 0 aromatic carbocycles. The highest BCUT2D eigenvalue weighted by molar-refractivity contribution is 7.75. The summed E-state index contributed by atoms with van der Waals surface area (Å²) in [5.74, 6) is 0. The molecule has 0 saturated heterocycles. The average molecular weight is 239 g/mol. The Bertz CT molecular complexity index is 117. The molecule has 0 rings (SSSR count). The minimum absolute atomic E-state index is 0.205. The van der Waals surface area contributed by atoms with E-state index in [1.165, 1.54) is 18.5 Å². The van der Waals surface area contributed by atoms with Crippen LogP contribution in [0.1, 0.15) is 34.1 Å². The van der Waals surface area contributed by atoms with Crippen LogP contribution in [0.15, 0.2) is 0 Å². The van der Waals surface area contributed by atoms with E-state index in [1.807, 2.05) is 6.92 Å². The molecule has 0 aliphatic carbocycles. The molecule has 0 heterocycles. The van der Waals surface area contributed by atoms with E-state index < -0.39 is 7.26 Å². The minimum atomic E-state index is -0.412. The summed E-state index contributed by atoms with van der Waals surface area (Å²) in [5, 5.41) is 0. The van der Waals surface area contributed by atoms with Gasteiger partial charge in [-0.25, -0.2) is 4.57 Å². The Labute approximate surface area is 91.4 Å². The highest BCUT2D eigenvalue weighted by atomic mass is 31.2. The SMILES string of the molecule is CCCOP=O.CC[P+](C)(CC)CC. The van der Waals surface area contributed by atoms with Crippen molar-refractivity contribution in [3.63, 3.8) is 0 Å². The molecular formula is C10H25O2P2+. The number of rotatable bonds is 6. The third kappa shape index (κ3) is 10.6. The second-order valence-corrected chi connectivity index (χ2v) is 9.02. The molecule has 14 heavy (non-hydrogen) atoms. The van der Waals surface area contributed by atoms with E-state index in [-0.39, 0.29) is 8.69 Å². The molecule has 0 spiro atoms. The third-order valence-corrected chi connectivity index (χ3v) is 7.51. The maximum absolute atomic E-state index is 9.44. The molecule has 86 valence electrons. The quantitative estimate of drug-likeness (QED) is 0.510. The van der Waals surface area contributed by atoms with Crippen molar-refractivity contribution in [2.75, 3.05) is 31.8 Å². The van der Waals surface area contributed by atoms with Gasteiger partial charge >= 0.3 is 8.69 Å². The van der Waals surface area contributed by atoms with Crippen LogP contribution in [0.25, 0.3) is 0 Å². The molecule has 0 fully saturated rings. The van der Waals surface area contributed by atoms with Gasteiger partial charge in [0.25, 0.3) is 0 Å². The first-order valence-corrected chi connectivity index (χ1v) is 8.90. The predicted octanol–water partition coefficient (Wildman–Crippen LogP) is 4.31. The van der Waals surface area contributed by atoms with Crippen LogP contribution in [0.5, 0.6) is 0 Å². The fourth-order valence-corrected chi connectivity index (χ4v) is 2.40. The molecule has 0 unspecified atom stereocenters. The van der Waals surface area contributed by atoms with E-state index in [0.717, 1.165) is 6.42 Å². The van der Waals surface area contributed by atoms with Gasteiger partial charge in [-0.1, -0.05) is 6.92 Å². The molecule has 0 aliphatic rings. The molecule has 2 nitrogen and oxygen atoms in total. The summed E-state index contributed by atoms with van der Waals surface area (Å²) in [7, 11) is -0.617.